The average Bonchev–Trinajstić information content (AvgIpc) is 3.26. The lowest BCUT2D eigenvalue weighted by molar-refractivity contribution is 0.0944. The summed E-state index contributed by atoms with van der Waals surface area (Å²) >= 11 is 0. The van der Waals surface area contributed by atoms with Gasteiger partial charge in [0.15, 0.2) is 5.65 Å². The van der Waals surface area contributed by atoms with Crippen molar-refractivity contribution in [2.75, 3.05) is 25.0 Å². The number of carbonyl (C=O) groups is 1. The summed E-state index contributed by atoms with van der Waals surface area (Å²) in [5.41, 5.74) is 5.62. The fourth-order valence-corrected chi connectivity index (χ4v) is 4.26. The largest absolute Gasteiger partial charge is 0.352 e. The fraction of sp³-hybridized carbons (Fsp3) is 0.269. The highest BCUT2D eigenvalue weighted by atomic mass is 16.1. The Labute approximate surface area is 193 Å². The Bertz CT molecular complexity index is 1260. The van der Waals surface area contributed by atoms with Crippen molar-refractivity contribution in [2.45, 2.75) is 19.8 Å². The number of fused-ring (bicyclic) bond motifs is 1. The van der Waals surface area contributed by atoms with Crippen LogP contribution in [0.15, 0.2) is 66.9 Å². The van der Waals surface area contributed by atoms with E-state index in [4.69, 9.17) is 4.98 Å². The maximum Gasteiger partial charge on any atom is 0.251 e. The number of amides is 1. The Balaban J connectivity index is 1.28. The summed E-state index contributed by atoms with van der Waals surface area (Å²) in [5.74, 6) is 1.04. The number of nitrogens with zero attached hydrogens (tertiary/aromatic N) is 3. The molecule has 7 nitrogen and oxygen atoms in total. The first-order valence-corrected chi connectivity index (χ1v) is 11.4. The molecule has 168 valence electrons. The van der Waals surface area contributed by atoms with Crippen LogP contribution in [0.25, 0.3) is 16.8 Å². The van der Waals surface area contributed by atoms with Gasteiger partial charge < -0.3 is 16.0 Å². The van der Waals surface area contributed by atoms with Crippen molar-refractivity contribution in [3.05, 3.63) is 78.0 Å². The number of pyridine rings is 1. The van der Waals surface area contributed by atoms with Crippen molar-refractivity contribution >= 4 is 23.2 Å². The monoisotopic (exact) mass is 440 g/mol. The van der Waals surface area contributed by atoms with E-state index < -0.39 is 0 Å². The molecule has 5 rings (SSSR count). The first kappa shape index (κ1) is 21.2. The van der Waals surface area contributed by atoms with Crippen LogP contribution in [0, 0.1) is 12.8 Å². The van der Waals surface area contributed by atoms with Gasteiger partial charge in [-0.05, 0) is 80.7 Å². The zero-order valence-electron chi connectivity index (χ0n) is 18.7. The number of benzene rings is 2. The molecule has 0 unspecified atom stereocenters. The van der Waals surface area contributed by atoms with Crippen molar-refractivity contribution in [3.63, 3.8) is 0 Å². The molecule has 7 heteroatoms. The fourth-order valence-electron chi connectivity index (χ4n) is 4.26. The topological polar surface area (TPSA) is 83.3 Å². The van der Waals surface area contributed by atoms with Crippen molar-refractivity contribution in [2.24, 2.45) is 5.92 Å². The van der Waals surface area contributed by atoms with E-state index >= 15 is 0 Å². The first-order valence-electron chi connectivity index (χ1n) is 11.4. The Morgan fingerprint density at radius 3 is 2.70 bits per heavy atom. The second kappa shape index (κ2) is 9.42. The maximum absolute atomic E-state index is 12.5. The van der Waals surface area contributed by atoms with Crippen LogP contribution >= 0.6 is 0 Å². The van der Waals surface area contributed by atoms with Crippen LogP contribution in [-0.4, -0.2) is 40.1 Å². The Morgan fingerprint density at radius 2 is 1.91 bits per heavy atom. The summed E-state index contributed by atoms with van der Waals surface area (Å²) in [6, 6.07) is 19.8. The van der Waals surface area contributed by atoms with Crippen LogP contribution in [0.2, 0.25) is 0 Å². The van der Waals surface area contributed by atoms with Gasteiger partial charge in [0.2, 0.25) is 5.95 Å². The van der Waals surface area contributed by atoms with E-state index in [1.807, 2.05) is 42.6 Å². The highest BCUT2D eigenvalue weighted by Crippen LogP contribution is 2.25. The van der Waals surface area contributed by atoms with Gasteiger partial charge in [-0.15, -0.1) is 5.10 Å². The lowest BCUT2D eigenvalue weighted by Gasteiger charge is -2.22. The van der Waals surface area contributed by atoms with Gasteiger partial charge >= 0.3 is 0 Å². The molecule has 1 aliphatic heterocycles. The van der Waals surface area contributed by atoms with Crippen molar-refractivity contribution in [1.82, 2.24) is 25.2 Å². The van der Waals surface area contributed by atoms with E-state index in [9.17, 15) is 4.79 Å². The summed E-state index contributed by atoms with van der Waals surface area (Å²) in [7, 11) is 0. The van der Waals surface area contributed by atoms with Gasteiger partial charge in [0.1, 0.15) is 0 Å². The molecule has 1 saturated heterocycles. The summed E-state index contributed by atoms with van der Waals surface area (Å²) in [4.78, 5) is 17.2. The van der Waals surface area contributed by atoms with Crippen LogP contribution in [0.3, 0.4) is 0 Å². The number of anilines is 2. The molecule has 0 saturated carbocycles. The minimum atomic E-state index is -0.0336. The highest BCUT2D eigenvalue weighted by molar-refractivity contribution is 5.94. The van der Waals surface area contributed by atoms with Gasteiger partial charge in [-0.1, -0.05) is 29.8 Å². The quantitative estimate of drug-likeness (QED) is 0.419. The molecule has 3 N–H and O–H groups in total. The third-order valence-electron chi connectivity index (χ3n) is 6.10. The van der Waals surface area contributed by atoms with Crippen LogP contribution < -0.4 is 16.0 Å². The van der Waals surface area contributed by atoms with Crippen molar-refractivity contribution in [1.29, 1.82) is 0 Å². The Morgan fingerprint density at radius 1 is 1.09 bits per heavy atom. The zero-order valence-corrected chi connectivity index (χ0v) is 18.7. The van der Waals surface area contributed by atoms with E-state index in [0.717, 1.165) is 54.9 Å². The van der Waals surface area contributed by atoms with E-state index in [0.29, 0.717) is 17.4 Å². The van der Waals surface area contributed by atoms with Crippen LogP contribution in [0.5, 0.6) is 0 Å². The van der Waals surface area contributed by atoms with Gasteiger partial charge in [0.05, 0.1) is 0 Å². The van der Waals surface area contributed by atoms with Crippen molar-refractivity contribution < 1.29 is 4.79 Å². The molecule has 0 spiro atoms. The van der Waals surface area contributed by atoms with Crippen LogP contribution in [0.4, 0.5) is 11.6 Å². The predicted molar refractivity (Wildman–Crippen MR) is 131 cm³/mol. The molecule has 3 heterocycles. The number of carbonyl (C=O) groups excluding carboxylic acids is 1. The molecule has 1 amide bonds. The van der Waals surface area contributed by atoms with E-state index in [2.05, 4.69) is 52.2 Å². The number of hydrogen-bond acceptors (Lipinski definition) is 5. The van der Waals surface area contributed by atoms with Crippen LogP contribution in [0.1, 0.15) is 28.8 Å². The first-order chi connectivity index (χ1) is 16.2. The standard InChI is InChI=1S/C26H28N6O/c1-18-4-2-5-21(16-18)23-6-3-15-32-24(23)30-26(31-32)29-22-9-7-20(8-10-22)25(33)28-17-19-11-13-27-14-12-19/h2-10,15-16,19,27H,11-14,17H2,1H3,(H,28,33)(H,29,31). The molecular formula is C26H28N6O. The number of nitrogens with one attached hydrogen (secondary N) is 3. The second-order valence-electron chi connectivity index (χ2n) is 8.60. The third-order valence-corrected chi connectivity index (χ3v) is 6.10. The van der Waals surface area contributed by atoms with Gasteiger partial charge in [0, 0.05) is 29.6 Å². The minimum absolute atomic E-state index is 0.0336. The number of rotatable bonds is 6. The van der Waals surface area contributed by atoms with Gasteiger partial charge in [-0.25, -0.2) is 4.52 Å². The lowest BCUT2D eigenvalue weighted by Crippen LogP contribution is -2.35. The minimum Gasteiger partial charge on any atom is -0.352 e. The van der Waals surface area contributed by atoms with Gasteiger partial charge in [-0.3, -0.25) is 4.79 Å². The Kier molecular flexibility index (Phi) is 6.04. The summed E-state index contributed by atoms with van der Waals surface area (Å²) < 4.78 is 1.78. The van der Waals surface area contributed by atoms with Gasteiger partial charge in [0.25, 0.3) is 5.91 Å². The molecule has 4 aromatic rings. The molecule has 0 bridgehead atoms. The summed E-state index contributed by atoms with van der Waals surface area (Å²) in [6.07, 6.45) is 4.12. The maximum atomic E-state index is 12.5. The van der Waals surface area contributed by atoms with Gasteiger partial charge in [-0.2, -0.15) is 4.98 Å². The molecule has 0 aliphatic carbocycles. The van der Waals surface area contributed by atoms with Crippen molar-refractivity contribution in [3.8, 4) is 11.1 Å². The summed E-state index contributed by atoms with van der Waals surface area (Å²) in [6.45, 7) is 4.88. The summed E-state index contributed by atoms with van der Waals surface area (Å²) in [5, 5.41) is 14.2. The van der Waals surface area contributed by atoms with Crippen LogP contribution in [-0.2, 0) is 0 Å². The van der Waals surface area contributed by atoms with E-state index in [1.165, 1.54) is 5.56 Å². The lowest BCUT2D eigenvalue weighted by atomic mass is 9.98. The number of hydrogen-bond donors (Lipinski definition) is 3. The molecule has 33 heavy (non-hydrogen) atoms. The SMILES string of the molecule is Cc1cccc(-c2cccn3nc(Nc4ccc(C(=O)NCC5CCNCC5)cc4)nc23)c1. The van der Waals surface area contributed by atoms with E-state index in [1.54, 1.807) is 4.52 Å². The molecule has 0 radical (unpaired) electrons. The molecular weight excluding hydrogens is 412 g/mol. The smallest absolute Gasteiger partial charge is 0.251 e. The molecule has 0 atom stereocenters. The highest BCUT2D eigenvalue weighted by Gasteiger charge is 2.15. The number of piperidine rings is 1. The zero-order chi connectivity index (χ0) is 22.6. The molecule has 2 aromatic heterocycles. The molecule has 1 fully saturated rings. The number of aromatic nitrogens is 3. The molecule has 1 aliphatic rings. The number of aryl methyl sites for hydroxylation is 1. The average molecular weight is 441 g/mol. The normalized spacial score (nSPS) is 14.3. The second-order valence-corrected chi connectivity index (χ2v) is 8.60. The van der Waals surface area contributed by atoms with E-state index in [-0.39, 0.29) is 5.91 Å². The Hall–Kier alpha value is -3.71. The molecule has 2 aromatic carbocycles. The predicted octanol–water partition coefficient (Wildman–Crippen LogP) is 4.18. The third kappa shape index (κ3) is 4.88.